The van der Waals surface area contributed by atoms with Crippen molar-refractivity contribution in [2.45, 2.75) is 45.2 Å². The summed E-state index contributed by atoms with van der Waals surface area (Å²) in [6, 6.07) is 13.5. The normalized spacial score (nSPS) is 26.4. The zero-order chi connectivity index (χ0) is 33.7. The van der Waals surface area contributed by atoms with E-state index in [-0.39, 0.29) is 59.0 Å². The number of amides is 2. The Morgan fingerprint density at radius 2 is 1.62 bits per heavy atom. The number of Topliss-reactive ketones (excluding diaryl/α,β-unsaturated/α-hetero) is 1. The Balaban J connectivity index is 1.18. The van der Waals surface area contributed by atoms with Crippen LogP contribution < -0.4 is 9.47 Å². The number of hydrogen-bond acceptors (Lipinski definition) is 8. The van der Waals surface area contributed by atoms with E-state index in [1.54, 1.807) is 24.0 Å². The molecule has 2 aliphatic heterocycles. The molecule has 5 aliphatic rings. The van der Waals surface area contributed by atoms with E-state index in [0.717, 1.165) is 38.0 Å². The molecule has 0 spiro atoms. The summed E-state index contributed by atoms with van der Waals surface area (Å²) in [6.45, 7) is 4.09. The maximum atomic E-state index is 14.3. The van der Waals surface area contributed by atoms with Crippen molar-refractivity contribution in [3.63, 3.8) is 0 Å². The average Bonchev–Trinajstić information content (AvgIpc) is 3.36. The number of rotatable bonds is 7. The Hall–Kier alpha value is -4.76. The van der Waals surface area contributed by atoms with Crippen molar-refractivity contribution in [1.29, 1.82) is 0 Å². The summed E-state index contributed by atoms with van der Waals surface area (Å²) in [7, 11) is 2.90. The van der Waals surface area contributed by atoms with Crippen molar-refractivity contribution in [3.8, 4) is 17.2 Å². The van der Waals surface area contributed by atoms with E-state index < -0.39 is 17.8 Å². The summed E-state index contributed by atoms with van der Waals surface area (Å²) in [6.07, 6.45) is 9.24. The molecule has 1 N–H and O–H groups in total. The van der Waals surface area contributed by atoms with Crippen LogP contribution in [0.2, 0.25) is 0 Å². The van der Waals surface area contributed by atoms with Gasteiger partial charge in [0.1, 0.15) is 0 Å². The number of carbonyl (C=O) groups excluding carboxylic acids is 4. The lowest BCUT2D eigenvalue weighted by Gasteiger charge is -2.41. The van der Waals surface area contributed by atoms with Crippen LogP contribution in [0.1, 0.15) is 43.7 Å². The lowest BCUT2D eigenvalue weighted by atomic mass is 9.60. The van der Waals surface area contributed by atoms with Crippen LogP contribution in [0.3, 0.4) is 0 Å². The fraction of sp³-hybridized carbons (Fsp3) is 0.385. The number of methoxy groups -OCH3 is 2. The number of phenolic OH excluding ortho intramolecular Hbond substituents is 1. The summed E-state index contributed by atoms with van der Waals surface area (Å²) >= 11 is 0. The van der Waals surface area contributed by atoms with Gasteiger partial charge in [0.05, 0.1) is 26.1 Å². The van der Waals surface area contributed by atoms with Crippen molar-refractivity contribution >= 4 is 29.5 Å². The molecule has 4 atom stereocenters. The molecule has 248 valence electrons. The molecule has 9 nitrogen and oxygen atoms in total. The van der Waals surface area contributed by atoms with Crippen LogP contribution in [-0.2, 0) is 25.7 Å². The number of ether oxygens (including phenoxy) is 2. The summed E-state index contributed by atoms with van der Waals surface area (Å²) in [4.78, 5) is 59.3. The Morgan fingerprint density at radius 1 is 0.938 bits per heavy atom. The number of likely N-dealkylation sites (tertiary alicyclic amines) is 2. The lowest BCUT2D eigenvalue weighted by Crippen LogP contribution is -2.47. The zero-order valence-electron chi connectivity index (χ0n) is 27.5. The fourth-order valence-corrected chi connectivity index (χ4v) is 8.44. The number of allylic oxidation sites excluding steroid dienone is 7. The second-order valence-corrected chi connectivity index (χ2v) is 13.4. The van der Waals surface area contributed by atoms with E-state index in [4.69, 9.17) is 9.47 Å². The molecule has 7 rings (SSSR count). The van der Waals surface area contributed by atoms with Crippen molar-refractivity contribution in [3.05, 3.63) is 94.1 Å². The average molecular weight is 649 g/mol. The van der Waals surface area contributed by atoms with Crippen molar-refractivity contribution < 1.29 is 33.8 Å². The SMILES string of the molecule is COc1cc(C=CC2C3=CCC4C(=O)N(C5CCN(Cc6ccccc6)CC5)C(=O)C4C3CC3=C2C(=O)C=C(C)C3=O)cc(OC)c1O. The number of phenols is 1. The third kappa shape index (κ3) is 5.40. The minimum Gasteiger partial charge on any atom is -0.502 e. The molecule has 2 aromatic carbocycles. The molecule has 0 saturated carbocycles. The molecule has 0 aromatic heterocycles. The quantitative estimate of drug-likeness (QED) is 0.252. The first-order chi connectivity index (χ1) is 23.2. The zero-order valence-corrected chi connectivity index (χ0v) is 27.5. The van der Waals surface area contributed by atoms with Crippen LogP contribution in [0.5, 0.6) is 17.2 Å². The lowest BCUT2D eigenvalue weighted by molar-refractivity contribution is -0.144. The molecular formula is C39H40N2O7. The highest BCUT2D eigenvalue weighted by molar-refractivity contribution is 6.23. The Labute approximate surface area is 280 Å². The number of benzene rings is 2. The van der Waals surface area contributed by atoms with E-state index in [1.165, 1.54) is 25.9 Å². The van der Waals surface area contributed by atoms with Crippen LogP contribution in [0.4, 0.5) is 0 Å². The number of ketones is 2. The van der Waals surface area contributed by atoms with Gasteiger partial charge in [0, 0.05) is 48.3 Å². The van der Waals surface area contributed by atoms with Gasteiger partial charge >= 0.3 is 0 Å². The molecule has 9 heteroatoms. The summed E-state index contributed by atoms with van der Waals surface area (Å²) in [5.74, 6) is -2.28. The smallest absolute Gasteiger partial charge is 0.233 e. The Bertz CT molecular complexity index is 1790. The molecule has 3 aliphatic carbocycles. The van der Waals surface area contributed by atoms with Crippen LogP contribution in [0.25, 0.3) is 6.08 Å². The second-order valence-electron chi connectivity index (χ2n) is 13.4. The summed E-state index contributed by atoms with van der Waals surface area (Å²) in [5, 5.41) is 10.4. The molecule has 2 fully saturated rings. The van der Waals surface area contributed by atoms with E-state index in [0.29, 0.717) is 28.7 Å². The molecule has 0 bridgehead atoms. The van der Waals surface area contributed by atoms with Crippen molar-refractivity contribution in [2.24, 2.45) is 23.7 Å². The molecule has 48 heavy (non-hydrogen) atoms. The van der Waals surface area contributed by atoms with Gasteiger partial charge in [0.15, 0.2) is 23.1 Å². The highest BCUT2D eigenvalue weighted by atomic mass is 16.5. The molecule has 0 radical (unpaired) electrons. The van der Waals surface area contributed by atoms with E-state index in [2.05, 4.69) is 17.0 Å². The first kappa shape index (κ1) is 31.8. The minimum absolute atomic E-state index is 0.112. The second kappa shape index (κ2) is 12.7. The number of carbonyl (C=O) groups is 4. The summed E-state index contributed by atoms with van der Waals surface area (Å²) < 4.78 is 10.7. The number of nitrogens with zero attached hydrogens (tertiary/aromatic N) is 2. The Morgan fingerprint density at radius 3 is 2.29 bits per heavy atom. The largest absolute Gasteiger partial charge is 0.502 e. The number of hydrogen-bond donors (Lipinski definition) is 1. The van der Waals surface area contributed by atoms with Crippen molar-refractivity contribution in [1.82, 2.24) is 9.80 Å². The highest BCUT2D eigenvalue weighted by Crippen LogP contribution is 2.53. The highest BCUT2D eigenvalue weighted by Gasteiger charge is 2.57. The first-order valence-corrected chi connectivity index (χ1v) is 16.7. The van der Waals surface area contributed by atoms with Gasteiger partial charge in [-0.2, -0.15) is 0 Å². The van der Waals surface area contributed by atoms with Gasteiger partial charge < -0.3 is 14.6 Å². The first-order valence-electron chi connectivity index (χ1n) is 16.7. The van der Waals surface area contributed by atoms with E-state index in [1.807, 2.05) is 36.4 Å². The van der Waals surface area contributed by atoms with E-state index in [9.17, 15) is 24.3 Å². The van der Waals surface area contributed by atoms with Gasteiger partial charge in [-0.15, -0.1) is 0 Å². The molecule has 2 saturated heterocycles. The van der Waals surface area contributed by atoms with Gasteiger partial charge in [-0.3, -0.25) is 29.0 Å². The predicted molar refractivity (Wildman–Crippen MR) is 179 cm³/mol. The van der Waals surface area contributed by atoms with Crippen LogP contribution in [0, 0.1) is 23.7 Å². The Kier molecular flexibility index (Phi) is 8.41. The standard InChI is InChI=1S/C39H40N2O7/c1-22-17-31(42)34-27(10-9-24-18-32(47-2)37(44)33(19-24)48-3)26-11-12-28-35(29(26)20-30(34)36(22)43)39(46)41(38(28)45)25-13-15-40(16-14-25)21-23-7-5-4-6-8-23/h4-11,17-19,25,27-29,35,44H,12-16,20-21H2,1-3H3. The van der Waals surface area contributed by atoms with Crippen molar-refractivity contribution in [2.75, 3.05) is 27.3 Å². The van der Waals surface area contributed by atoms with E-state index >= 15 is 0 Å². The summed E-state index contributed by atoms with van der Waals surface area (Å²) in [5.41, 5.74) is 4.06. The van der Waals surface area contributed by atoms with Crippen LogP contribution >= 0.6 is 0 Å². The fourth-order valence-electron chi connectivity index (χ4n) is 8.44. The number of imide groups is 1. The van der Waals surface area contributed by atoms with Crippen LogP contribution in [0.15, 0.2) is 83.0 Å². The van der Waals surface area contributed by atoms with Gasteiger partial charge in [-0.25, -0.2) is 0 Å². The minimum atomic E-state index is -0.576. The maximum Gasteiger partial charge on any atom is 0.233 e. The molecular weight excluding hydrogens is 608 g/mol. The molecule has 4 unspecified atom stereocenters. The maximum absolute atomic E-state index is 14.3. The van der Waals surface area contributed by atoms with Gasteiger partial charge in [0.2, 0.25) is 17.6 Å². The molecule has 2 amide bonds. The predicted octanol–water partition coefficient (Wildman–Crippen LogP) is 5.05. The molecule has 2 heterocycles. The number of aromatic hydroxyl groups is 1. The number of piperidine rings is 1. The third-order valence-corrected chi connectivity index (χ3v) is 10.8. The topological polar surface area (TPSA) is 113 Å². The molecule has 2 aromatic rings. The van der Waals surface area contributed by atoms with Gasteiger partial charge in [0.25, 0.3) is 0 Å². The monoisotopic (exact) mass is 648 g/mol. The third-order valence-electron chi connectivity index (χ3n) is 10.8. The number of fused-ring (bicyclic) bond motifs is 3. The van der Waals surface area contributed by atoms with Gasteiger partial charge in [-0.05, 0) is 67.9 Å². The van der Waals surface area contributed by atoms with Gasteiger partial charge in [-0.1, -0.05) is 54.1 Å². The van der Waals surface area contributed by atoms with Crippen LogP contribution in [-0.4, -0.2) is 71.6 Å².